The van der Waals surface area contributed by atoms with Gasteiger partial charge in [-0.2, -0.15) is 4.98 Å². The van der Waals surface area contributed by atoms with Crippen molar-refractivity contribution in [2.24, 2.45) is 0 Å². The molecule has 1 aliphatic rings. The highest BCUT2D eigenvalue weighted by Crippen LogP contribution is 2.36. The van der Waals surface area contributed by atoms with Gasteiger partial charge in [0, 0.05) is 12.0 Å². The molecule has 0 aliphatic carbocycles. The van der Waals surface area contributed by atoms with Gasteiger partial charge in [-0.3, -0.25) is 4.79 Å². The average molecular weight is 348 g/mol. The molecule has 0 radical (unpaired) electrons. The van der Waals surface area contributed by atoms with E-state index in [1.807, 2.05) is 25.1 Å². The molecule has 0 saturated heterocycles. The molecule has 0 spiro atoms. The number of aromatic nitrogens is 2. The minimum Gasteiger partial charge on any atom is -0.465 e. The van der Waals surface area contributed by atoms with E-state index in [4.69, 9.17) is 4.74 Å². The molecule has 0 amide bonds. The molecule has 1 N–H and O–H groups in total. The predicted octanol–water partition coefficient (Wildman–Crippen LogP) is 3.23. The lowest BCUT2D eigenvalue weighted by Gasteiger charge is -2.20. The number of hydrogen-bond acceptors (Lipinski definition) is 5. The summed E-state index contributed by atoms with van der Waals surface area (Å²) < 4.78 is 10.6. The van der Waals surface area contributed by atoms with Crippen LogP contribution in [0.25, 0.3) is 11.4 Å². The fourth-order valence-electron chi connectivity index (χ4n) is 3.02. The maximum Gasteiger partial charge on any atom is 0.337 e. The number of aryl methyl sites for hydroxylation is 1. The number of esters is 1. The van der Waals surface area contributed by atoms with Crippen LogP contribution >= 0.6 is 0 Å². The molecule has 0 saturated carbocycles. The number of carbonyl (C=O) groups is 1. The summed E-state index contributed by atoms with van der Waals surface area (Å²) in [6.45, 7) is 1.96. The van der Waals surface area contributed by atoms with Gasteiger partial charge < -0.3 is 14.5 Å². The van der Waals surface area contributed by atoms with Crippen molar-refractivity contribution in [1.82, 2.24) is 9.97 Å². The lowest BCUT2D eigenvalue weighted by Crippen LogP contribution is -2.20. The molecule has 26 heavy (non-hydrogen) atoms. The summed E-state index contributed by atoms with van der Waals surface area (Å²) in [6.07, 6.45) is 0.482. The second-order valence-electron chi connectivity index (χ2n) is 6.11. The van der Waals surface area contributed by atoms with Gasteiger partial charge in [0.25, 0.3) is 5.56 Å². The molecule has 0 unspecified atom stereocenters. The summed E-state index contributed by atoms with van der Waals surface area (Å²) in [4.78, 5) is 31.3. The summed E-state index contributed by atoms with van der Waals surface area (Å²) in [5.41, 5.74) is 3.36. The minimum atomic E-state index is -0.418. The van der Waals surface area contributed by atoms with Gasteiger partial charge in [-0.15, -0.1) is 0 Å². The van der Waals surface area contributed by atoms with Crippen LogP contribution in [0.15, 0.2) is 47.3 Å². The standard InChI is InChI=1S/C20H16N2O4/c1-11-4-3-5-14-10-15-18(23)21-17(22-19(15)26-16(11)14)12-6-8-13(9-7-12)20(24)25-2/h3-9H,10H2,1-2H3,(H,21,22,23). The molecule has 0 bridgehead atoms. The van der Waals surface area contributed by atoms with E-state index >= 15 is 0 Å². The summed E-state index contributed by atoms with van der Waals surface area (Å²) in [7, 11) is 1.33. The van der Waals surface area contributed by atoms with Crippen molar-refractivity contribution in [2.75, 3.05) is 7.11 Å². The van der Waals surface area contributed by atoms with E-state index < -0.39 is 5.97 Å². The Morgan fingerprint density at radius 3 is 2.69 bits per heavy atom. The van der Waals surface area contributed by atoms with Gasteiger partial charge in [0.2, 0.25) is 5.88 Å². The molecule has 2 heterocycles. The average Bonchev–Trinajstić information content (AvgIpc) is 2.67. The number of aromatic amines is 1. The Kier molecular flexibility index (Phi) is 3.80. The van der Waals surface area contributed by atoms with E-state index in [0.717, 1.165) is 16.9 Å². The van der Waals surface area contributed by atoms with E-state index in [0.29, 0.717) is 34.8 Å². The van der Waals surface area contributed by atoms with Crippen LogP contribution in [-0.4, -0.2) is 23.0 Å². The predicted molar refractivity (Wildman–Crippen MR) is 95.7 cm³/mol. The van der Waals surface area contributed by atoms with Crippen molar-refractivity contribution in [3.63, 3.8) is 0 Å². The van der Waals surface area contributed by atoms with Gasteiger partial charge in [0.15, 0.2) is 0 Å². The molecule has 4 rings (SSSR count). The lowest BCUT2D eigenvalue weighted by molar-refractivity contribution is 0.0601. The number of methoxy groups -OCH3 is 1. The molecule has 1 aromatic heterocycles. The van der Waals surface area contributed by atoms with Crippen molar-refractivity contribution < 1.29 is 14.3 Å². The zero-order chi connectivity index (χ0) is 18.3. The number of nitrogens with one attached hydrogen (secondary N) is 1. The van der Waals surface area contributed by atoms with Crippen LogP contribution in [0.2, 0.25) is 0 Å². The molecule has 6 nitrogen and oxygen atoms in total. The molecule has 130 valence electrons. The van der Waals surface area contributed by atoms with Gasteiger partial charge in [0.05, 0.1) is 18.2 Å². The number of carbonyl (C=O) groups excluding carboxylic acids is 1. The van der Waals surface area contributed by atoms with Gasteiger partial charge in [-0.05, 0) is 30.2 Å². The molecule has 0 fully saturated rings. The van der Waals surface area contributed by atoms with Crippen molar-refractivity contribution in [3.05, 3.63) is 75.1 Å². The molecular formula is C20H16N2O4. The molecule has 6 heteroatoms. The van der Waals surface area contributed by atoms with Crippen molar-refractivity contribution in [2.45, 2.75) is 13.3 Å². The van der Waals surface area contributed by atoms with Gasteiger partial charge >= 0.3 is 5.97 Å². The molecular weight excluding hydrogens is 332 g/mol. The number of H-pyrrole nitrogens is 1. The smallest absolute Gasteiger partial charge is 0.337 e. The topological polar surface area (TPSA) is 81.3 Å². The van der Waals surface area contributed by atoms with Crippen molar-refractivity contribution >= 4 is 5.97 Å². The molecule has 1 aliphatic heterocycles. The Morgan fingerprint density at radius 1 is 1.19 bits per heavy atom. The van der Waals surface area contributed by atoms with Crippen LogP contribution in [0.1, 0.15) is 27.0 Å². The van der Waals surface area contributed by atoms with Crippen LogP contribution in [0.5, 0.6) is 11.6 Å². The highest BCUT2D eigenvalue weighted by molar-refractivity contribution is 5.89. The van der Waals surface area contributed by atoms with Gasteiger partial charge in [-0.1, -0.05) is 30.3 Å². The van der Waals surface area contributed by atoms with Gasteiger partial charge in [0.1, 0.15) is 11.6 Å². The van der Waals surface area contributed by atoms with Crippen molar-refractivity contribution in [3.8, 4) is 23.0 Å². The third-order valence-electron chi connectivity index (χ3n) is 4.42. The van der Waals surface area contributed by atoms with E-state index in [2.05, 4.69) is 14.7 Å². The van der Waals surface area contributed by atoms with Crippen LogP contribution in [0.3, 0.4) is 0 Å². The Morgan fingerprint density at radius 2 is 1.96 bits per heavy atom. The van der Waals surface area contributed by atoms with E-state index in [1.165, 1.54) is 7.11 Å². The fraction of sp³-hybridized carbons (Fsp3) is 0.150. The summed E-state index contributed by atoms with van der Waals surface area (Å²) in [5, 5.41) is 0. The minimum absolute atomic E-state index is 0.228. The Hall–Kier alpha value is -3.41. The van der Waals surface area contributed by atoms with Crippen LogP contribution in [0.4, 0.5) is 0 Å². The fourth-order valence-corrected chi connectivity index (χ4v) is 3.02. The largest absolute Gasteiger partial charge is 0.465 e. The molecule has 3 aromatic rings. The number of para-hydroxylation sites is 1. The number of hydrogen-bond donors (Lipinski definition) is 1. The monoisotopic (exact) mass is 348 g/mol. The third kappa shape index (κ3) is 2.65. The summed E-state index contributed by atoms with van der Waals surface area (Å²) in [5.74, 6) is 1.05. The van der Waals surface area contributed by atoms with Gasteiger partial charge in [-0.25, -0.2) is 4.79 Å². The maximum atomic E-state index is 12.5. The first-order valence-electron chi connectivity index (χ1n) is 8.15. The lowest BCUT2D eigenvalue weighted by atomic mass is 10.0. The highest BCUT2D eigenvalue weighted by Gasteiger charge is 2.23. The number of ether oxygens (including phenoxy) is 2. The highest BCUT2D eigenvalue weighted by atomic mass is 16.5. The quantitative estimate of drug-likeness (QED) is 0.563. The van der Waals surface area contributed by atoms with Crippen LogP contribution in [0, 0.1) is 6.92 Å². The summed E-state index contributed by atoms with van der Waals surface area (Å²) >= 11 is 0. The van der Waals surface area contributed by atoms with E-state index in [1.54, 1.807) is 24.3 Å². The van der Waals surface area contributed by atoms with Crippen molar-refractivity contribution in [1.29, 1.82) is 0 Å². The normalized spacial score (nSPS) is 11.9. The Bertz CT molecular complexity index is 1070. The second-order valence-corrected chi connectivity index (χ2v) is 6.11. The number of nitrogens with zero attached hydrogens (tertiary/aromatic N) is 1. The third-order valence-corrected chi connectivity index (χ3v) is 4.42. The van der Waals surface area contributed by atoms with E-state index in [9.17, 15) is 9.59 Å². The number of rotatable bonds is 2. The second kappa shape index (κ2) is 6.15. The van der Waals surface area contributed by atoms with Crippen LogP contribution < -0.4 is 10.3 Å². The summed E-state index contributed by atoms with van der Waals surface area (Å²) in [6, 6.07) is 12.5. The zero-order valence-electron chi connectivity index (χ0n) is 14.3. The number of fused-ring (bicyclic) bond motifs is 2. The first kappa shape index (κ1) is 16.1. The molecule has 2 aromatic carbocycles. The SMILES string of the molecule is COC(=O)c1ccc(-c2nc3c(c(=O)[nH]2)Cc2cccc(C)c2O3)cc1. The van der Waals surface area contributed by atoms with E-state index in [-0.39, 0.29) is 5.56 Å². The first-order valence-corrected chi connectivity index (χ1v) is 8.15. The Labute approximate surface area is 149 Å². The zero-order valence-corrected chi connectivity index (χ0v) is 14.3. The Balaban J connectivity index is 1.74. The van der Waals surface area contributed by atoms with Crippen LogP contribution in [-0.2, 0) is 11.2 Å². The molecule has 0 atom stereocenters. The first-order chi connectivity index (χ1) is 12.6. The number of benzene rings is 2. The maximum absolute atomic E-state index is 12.5.